The fourth-order valence-electron chi connectivity index (χ4n) is 1.08. The lowest BCUT2D eigenvalue weighted by Gasteiger charge is -2.17. The number of hydrogen-bond acceptors (Lipinski definition) is 1. The third-order valence-corrected chi connectivity index (χ3v) is 2.22. The molecular formula is C9H17ClF3N. The molecule has 0 spiro atoms. The normalized spacial score (nSPS) is 12.4. The van der Waals surface area contributed by atoms with Crippen LogP contribution in [0.25, 0.3) is 0 Å². The van der Waals surface area contributed by atoms with E-state index in [2.05, 4.69) is 0 Å². The zero-order valence-corrected chi connectivity index (χ0v) is 9.16. The SMILES string of the molecule is CN(CCCCCCl)CCC(F)(F)F. The van der Waals surface area contributed by atoms with E-state index in [-0.39, 0.29) is 6.54 Å². The number of unbranched alkanes of at least 4 members (excludes halogenated alkanes) is 2. The topological polar surface area (TPSA) is 3.24 Å². The van der Waals surface area contributed by atoms with E-state index in [1.54, 1.807) is 11.9 Å². The molecule has 5 heteroatoms. The molecule has 14 heavy (non-hydrogen) atoms. The zero-order valence-electron chi connectivity index (χ0n) is 8.41. The summed E-state index contributed by atoms with van der Waals surface area (Å²) >= 11 is 5.48. The molecule has 86 valence electrons. The van der Waals surface area contributed by atoms with Crippen LogP contribution in [0.5, 0.6) is 0 Å². The Hall–Kier alpha value is 0.0400. The number of nitrogens with zero attached hydrogens (tertiary/aromatic N) is 1. The molecule has 0 bridgehead atoms. The summed E-state index contributed by atoms with van der Waals surface area (Å²) in [5.74, 6) is 0.631. The molecule has 0 saturated carbocycles. The lowest BCUT2D eigenvalue weighted by molar-refractivity contribution is -0.137. The maximum absolute atomic E-state index is 11.8. The lowest BCUT2D eigenvalue weighted by Crippen LogP contribution is -2.25. The first-order valence-corrected chi connectivity index (χ1v) is 5.30. The van der Waals surface area contributed by atoms with Crippen molar-refractivity contribution in [2.45, 2.75) is 31.9 Å². The second-order valence-corrected chi connectivity index (χ2v) is 3.80. The molecule has 0 N–H and O–H groups in total. The van der Waals surface area contributed by atoms with E-state index in [0.717, 1.165) is 19.3 Å². The van der Waals surface area contributed by atoms with Gasteiger partial charge in [0.05, 0.1) is 6.42 Å². The van der Waals surface area contributed by atoms with E-state index in [1.165, 1.54) is 0 Å². The van der Waals surface area contributed by atoms with Gasteiger partial charge < -0.3 is 4.90 Å². The second kappa shape index (κ2) is 7.35. The van der Waals surface area contributed by atoms with Crippen molar-refractivity contribution in [3.05, 3.63) is 0 Å². The highest BCUT2D eigenvalue weighted by molar-refractivity contribution is 6.17. The van der Waals surface area contributed by atoms with Crippen LogP contribution in [0.4, 0.5) is 13.2 Å². The van der Waals surface area contributed by atoms with Gasteiger partial charge in [-0.1, -0.05) is 6.42 Å². The zero-order chi connectivity index (χ0) is 11.0. The molecule has 0 atom stereocenters. The van der Waals surface area contributed by atoms with E-state index in [1.807, 2.05) is 0 Å². The summed E-state index contributed by atoms with van der Waals surface area (Å²) in [6.07, 6.45) is -1.92. The van der Waals surface area contributed by atoms with Crippen LogP contribution in [0.3, 0.4) is 0 Å². The highest BCUT2D eigenvalue weighted by Gasteiger charge is 2.26. The van der Waals surface area contributed by atoms with Gasteiger partial charge in [0.15, 0.2) is 0 Å². The van der Waals surface area contributed by atoms with Crippen LogP contribution in [0.15, 0.2) is 0 Å². The van der Waals surface area contributed by atoms with Gasteiger partial charge in [-0.05, 0) is 26.4 Å². The summed E-state index contributed by atoms with van der Waals surface area (Å²) in [5, 5.41) is 0. The Kier molecular flexibility index (Phi) is 7.37. The van der Waals surface area contributed by atoms with Crippen molar-refractivity contribution in [2.24, 2.45) is 0 Å². The van der Waals surface area contributed by atoms with E-state index in [0.29, 0.717) is 12.4 Å². The average molecular weight is 232 g/mol. The van der Waals surface area contributed by atoms with E-state index in [9.17, 15) is 13.2 Å². The molecular weight excluding hydrogens is 215 g/mol. The average Bonchev–Trinajstić information content (AvgIpc) is 2.08. The highest BCUT2D eigenvalue weighted by atomic mass is 35.5. The summed E-state index contributed by atoms with van der Waals surface area (Å²) < 4.78 is 35.4. The van der Waals surface area contributed by atoms with Gasteiger partial charge in [0, 0.05) is 12.4 Å². The molecule has 0 aromatic heterocycles. The van der Waals surface area contributed by atoms with Gasteiger partial charge >= 0.3 is 6.18 Å². The van der Waals surface area contributed by atoms with E-state index >= 15 is 0 Å². The van der Waals surface area contributed by atoms with Crippen molar-refractivity contribution in [1.82, 2.24) is 4.90 Å². The third kappa shape index (κ3) is 10.1. The molecule has 0 amide bonds. The predicted octanol–water partition coefficient (Wildman–Crippen LogP) is 3.28. The summed E-state index contributed by atoms with van der Waals surface area (Å²) in [6, 6.07) is 0. The van der Waals surface area contributed by atoms with Crippen molar-refractivity contribution in [3.8, 4) is 0 Å². The van der Waals surface area contributed by atoms with Gasteiger partial charge in [-0.3, -0.25) is 0 Å². The monoisotopic (exact) mass is 231 g/mol. The molecule has 0 aromatic carbocycles. The Morgan fingerprint density at radius 1 is 1.07 bits per heavy atom. The smallest absolute Gasteiger partial charge is 0.306 e. The number of halogens is 4. The van der Waals surface area contributed by atoms with Crippen LogP contribution in [-0.2, 0) is 0 Å². The molecule has 0 heterocycles. The van der Waals surface area contributed by atoms with Crippen molar-refractivity contribution >= 4 is 11.6 Å². The van der Waals surface area contributed by atoms with Gasteiger partial charge in [-0.25, -0.2) is 0 Å². The van der Waals surface area contributed by atoms with Crippen molar-refractivity contribution in [1.29, 1.82) is 0 Å². The molecule has 0 aromatic rings. The minimum Gasteiger partial charge on any atom is -0.306 e. The first kappa shape index (κ1) is 14.0. The molecule has 0 aliphatic carbocycles. The summed E-state index contributed by atoms with van der Waals surface area (Å²) in [4.78, 5) is 1.71. The Bertz CT molecular complexity index is 139. The van der Waals surface area contributed by atoms with Crippen molar-refractivity contribution < 1.29 is 13.2 Å². The molecule has 0 fully saturated rings. The molecule has 0 unspecified atom stereocenters. The van der Waals surface area contributed by atoms with Crippen molar-refractivity contribution in [3.63, 3.8) is 0 Å². The quantitative estimate of drug-likeness (QED) is 0.480. The Labute approximate surface area is 88.2 Å². The first-order chi connectivity index (χ1) is 6.45. The first-order valence-electron chi connectivity index (χ1n) is 4.77. The van der Waals surface area contributed by atoms with Gasteiger partial charge in [0.2, 0.25) is 0 Å². The van der Waals surface area contributed by atoms with Crippen LogP contribution < -0.4 is 0 Å². The Morgan fingerprint density at radius 3 is 2.21 bits per heavy atom. The standard InChI is InChI=1S/C9H17ClF3N/c1-14(7-4-2-3-6-10)8-5-9(11,12)13/h2-8H2,1H3. The molecule has 0 saturated heterocycles. The van der Waals surface area contributed by atoms with Gasteiger partial charge in [-0.2, -0.15) is 13.2 Å². The summed E-state index contributed by atoms with van der Waals surface area (Å²) in [7, 11) is 1.71. The summed E-state index contributed by atoms with van der Waals surface area (Å²) in [5.41, 5.74) is 0. The van der Waals surface area contributed by atoms with Crippen molar-refractivity contribution in [2.75, 3.05) is 26.0 Å². The second-order valence-electron chi connectivity index (χ2n) is 3.42. The number of rotatable bonds is 7. The fraction of sp³-hybridized carbons (Fsp3) is 1.00. The highest BCUT2D eigenvalue weighted by Crippen LogP contribution is 2.19. The maximum atomic E-state index is 11.8. The van der Waals surface area contributed by atoms with E-state index in [4.69, 9.17) is 11.6 Å². The molecule has 0 rings (SSSR count). The minimum atomic E-state index is -4.04. The molecule has 0 aliphatic heterocycles. The van der Waals surface area contributed by atoms with Crippen LogP contribution in [-0.4, -0.2) is 37.1 Å². The van der Waals surface area contributed by atoms with Gasteiger partial charge in [0.25, 0.3) is 0 Å². The largest absolute Gasteiger partial charge is 0.390 e. The van der Waals surface area contributed by atoms with E-state index < -0.39 is 12.6 Å². The summed E-state index contributed by atoms with van der Waals surface area (Å²) in [6.45, 7) is 0.803. The lowest BCUT2D eigenvalue weighted by atomic mass is 10.2. The Morgan fingerprint density at radius 2 is 1.71 bits per heavy atom. The van der Waals surface area contributed by atoms with Crippen LogP contribution in [0.1, 0.15) is 25.7 Å². The molecule has 0 aliphatic rings. The molecule has 1 nitrogen and oxygen atoms in total. The van der Waals surface area contributed by atoms with Crippen LogP contribution in [0, 0.1) is 0 Å². The van der Waals surface area contributed by atoms with Gasteiger partial charge in [0.1, 0.15) is 0 Å². The van der Waals surface area contributed by atoms with Crippen LogP contribution >= 0.6 is 11.6 Å². The minimum absolute atomic E-state index is 0.0877. The molecule has 0 radical (unpaired) electrons. The Balaban J connectivity index is 3.32. The maximum Gasteiger partial charge on any atom is 0.390 e. The fourth-order valence-corrected chi connectivity index (χ4v) is 1.27. The van der Waals surface area contributed by atoms with Crippen LogP contribution in [0.2, 0.25) is 0 Å². The number of hydrogen-bond donors (Lipinski definition) is 0. The predicted molar refractivity (Wildman–Crippen MR) is 52.7 cm³/mol. The third-order valence-electron chi connectivity index (χ3n) is 1.95. The number of alkyl halides is 4. The van der Waals surface area contributed by atoms with Gasteiger partial charge in [-0.15, -0.1) is 11.6 Å².